The lowest BCUT2D eigenvalue weighted by Gasteiger charge is -2.20. The predicted molar refractivity (Wildman–Crippen MR) is 84.2 cm³/mol. The van der Waals surface area contributed by atoms with E-state index in [9.17, 15) is 9.90 Å². The molecule has 106 valence electrons. The first-order valence-electron chi connectivity index (χ1n) is 6.82. The molecule has 1 atom stereocenters. The Morgan fingerprint density at radius 1 is 1.05 bits per heavy atom. The third-order valence-corrected chi connectivity index (χ3v) is 3.46. The van der Waals surface area contributed by atoms with Crippen molar-refractivity contribution in [2.24, 2.45) is 0 Å². The summed E-state index contributed by atoms with van der Waals surface area (Å²) in [5.41, 5.74) is 2.40. The topological polar surface area (TPSA) is 37.3 Å². The van der Waals surface area contributed by atoms with E-state index in [1.807, 2.05) is 62.4 Å². The van der Waals surface area contributed by atoms with Crippen molar-refractivity contribution in [3.05, 3.63) is 70.8 Å². The molecule has 1 unspecified atom stereocenters. The summed E-state index contributed by atoms with van der Waals surface area (Å²) in [6.07, 6.45) is 0. The molecule has 0 heterocycles. The van der Waals surface area contributed by atoms with Crippen LogP contribution in [0.25, 0.3) is 0 Å². The van der Waals surface area contributed by atoms with Gasteiger partial charge in [-0.15, -0.1) is 0 Å². The molecule has 0 spiro atoms. The molecular weight excluding hydrogens is 260 g/mol. The van der Waals surface area contributed by atoms with Crippen molar-refractivity contribution in [2.75, 3.05) is 0 Å². The van der Waals surface area contributed by atoms with Crippen LogP contribution in [0.3, 0.4) is 0 Å². The molecule has 0 aliphatic rings. The number of aryl methyl sites for hydroxylation is 2. The third-order valence-electron chi connectivity index (χ3n) is 3.46. The van der Waals surface area contributed by atoms with Gasteiger partial charge in [-0.3, -0.25) is 4.79 Å². The first-order chi connectivity index (χ1) is 9.91. The Morgan fingerprint density at radius 2 is 1.62 bits per heavy atom. The van der Waals surface area contributed by atoms with Gasteiger partial charge in [-0.25, -0.2) is 0 Å². The van der Waals surface area contributed by atoms with Crippen molar-refractivity contribution in [1.29, 1.82) is 0 Å². The summed E-state index contributed by atoms with van der Waals surface area (Å²) in [5, 5.41) is 9.64. The highest BCUT2D eigenvalue weighted by Gasteiger charge is 2.33. The van der Waals surface area contributed by atoms with E-state index in [2.05, 4.69) is 11.8 Å². The normalized spacial score (nSPS) is 12.9. The van der Waals surface area contributed by atoms with Gasteiger partial charge in [-0.2, -0.15) is 0 Å². The molecule has 21 heavy (non-hydrogen) atoms. The highest BCUT2D eigenvalue weighted by Crippen LogP contribution is 2.26. The van der Waals surface area contributed by atoms with Crippen molar-refractivity contribution in [1.82, 2.24) is 0 Å². The van der Waals surface area contributed by atoms with E-state index in [1.165, 1.54) is 0 Å². The van der Waals surface area contributed by atoms with Crippen LogP contribution < -0.4 is 0 Å². The fourth-order valence-corrected chi connectivity index (χ4v) is 2.23. The Balaban J connectivity index is 2.51. The average Bonchev–Trinajstić information content (AvgIpc) is 2.44. The standard InChI is InChI=1S/C19H18O2/c1-14-11-15(2)13-17(12-14)19(3,18(20)21)10-9-16-7-5-4-6-8-16/h4-8,11-13H,1-3H3,(H,20,21). The Bertz CT molecular complexity index is 700. The van der Waals surface area contributed by atoms with Gasteiger partial charge >= 0.3 is 5.97 Å². The smallest absolute Gasteiger partial charge is 0.326 e. The van der Waals surface area contributed by atoms with E-state index in [4.69, 9.17) is 0 Å². The minimum atomic E-state index is -1.22. The maximum Gasteiger partial charge on any atom is 0.326 e. The van der Waals surface area contributed by atoms with Crippen LogP contribution in [0.1, 0.15) is 29.2 Å². The highest BCUT2D eigenvalue weighted by molar-refractivity contribution is 5.85. The second-order valence-electron chi connectivity index (χ2n) is 5.42. The van der Waals surface area contributed by atoms with Crippen LogP contribution in [0.4, 0.5) is 0 Å². The molecule has 0 aromatic heterocycles. The minimum absolute atomic E-state index is 0.718. The van der Waals surface area contributed by atoms with Crippen LogP contribution in [0.2, 0.25) is 0 Å². The zero-order valence-corrected chi connectivity index (χ0v) is 12.5. The molecule has 2 heteroatoms. The van der Waals surface area contributed by atoms with E-state index in [1.54, 1.807) is 6.92 Å². The zero-order valence-electron chi connectivity index (χ0n) is 12.5. The number of carbonyl (C=O) groups is 1. The van der Waals surface area contributed by atoms with Crippen LogP contribution >= 0.6 is 0 Å². The van der Waals surface area contributed by atoms with Crippen molar-refractivity contribution >= 4 is 5.97 Å². The van der Waals surface area contributed by atoms with Crippen molar-refractivity contribution in [3.63, 3.8) is 0 Å². The number of hydrogen-bond acceptors (Lipinski definition) is 1. The molecule has 2 nitrogen and oxygen atoms in total. The first kappa shape index (κ1) is 14.9. The quantitative estimate of drug-likeness (QED) is 0.850. The first-order valence-corrected chi connectivity index (χ1v) is 6.82. The number of rotatable bonds is 2. The number of carboxylic acid groups (broad SMARTS) is 1. The van der Waals surface area contributed by atoms with Crippen LogP contribution in [0.5, 0.6) is 0 Å². The Morgan fingerprint density at radius 3 is 2.14 bits per heavy atom. The van der Waals surface area contributed by atoms with Gasteiger partial charge in [0.05, 0.1) is 0 Å². The Kier molecular flexibility index (Phi) is 4.14. The largest absolute Gasteiger partial charge is 0.480 e. The van der Waals surface area contributed by atoms with Crippen LogP contribution in [0.15, 0.2) is 48.5 Å². The molecule has 0 fully saturated rings. The lowest BCUT2D eigenvalue weighted by molar-refractivity contribution is -0.140. The summed E-state index contributed by atoms with van der Waals surface area (Å²) in [4.78, 5) is 11.8. The van der Waals surface area contributed by atoms with Crippen molar-refractivity contribution in [2.45, 2.75) is 26.2 Å². The Labute approximate surface area is 125 Å². The highest BCUT2D eigenvalue weighted by atomic mass is 16.4. The molecule has 0 aliphatic heterocycles. The van der Waals surface area contributed by atoms with Gasteiger partial charge in [0.25, 0.3) is 0 Å². The number of hydrogen-bond donors (Lipinski definition) is 1. The van der Waals surface area contributed by atoms with Gasteiger partial charge in [-0.1, -0.05) is 59.4 Å². The molecule has 0 aliphatic carbocycles. The molecule has 0 radical (unpaired) electrons. The van der Waals surface area contributed by atoms with Crippen molar-refractivity contribution in [3.8, 4) is 11.8 Å². The van der Waals surface area contributed by atoms with Gasteiger partial charge in [0.1, 0.15) is 0 Å². The minimum Gasteiger partial charge on any atom is -0.480 e. The molecule has 0 saturated carbocycles. The molecule has 2 rings (SSSR count). The lowest BCUT2D eigenvalue weighted by Crippen LogP contribution is -2.31. The third kappa shape index (κ3) is 3.32. The van der Waals surface area contributed by atoms with Crippen LogP contribution in [0, 0.1) is 25.7 Å². The number of aliphatic carboxylic acids is 1. The summed E-state index contributed by atoms with van der Waals surface area (Å²) < 4.78 is 0. The van der Waals surface area contributed by atoms with E-state index < -0.39 is 11.4 Å². The maximum atomic E-state index is 11.8. The van der Waals surface area contributed by atoms with Crippen molar-refractivity contribution < 1.29 is 9.90 Å². The van der Waals surface area contributed by atoms with Gasteiger partial charge in [0.2, 0.25) is 0 Å². The molecule has 1 N–H and O–H groups in total. The predicted octanol–water partition coefficient (Wildman–Crippen LogP) is 3.70. The molecule has 2 aromatic carbocycles. The maximum absolute atomic E-state index is 11.8. The summed E-state index contributed by atoms with van der Waals surface area (Å²) in [5.74, 6) is 4.97. The van der Waals surface area contributed by atoms with E-state index >= 15 is 0 Å². The van der Waals surface area contributed by atoms with E-state index in [-0.39, 0.29) is 0 Å². The second kappa shape index (κ2) is 5.85. The van der Waals surface area contributed by atoms with E-state index in [0.29, 0.717) is 0 Å². The molecule has 0 saturated heterocycles. The summed E-state index contributed by atoms with van der Waals surface area (Å²) >= 11 is 0. The van der Waals surface area contributed by atoms with Gasteiger partial charge in [0, 0.05) is 5.56 Å². The fraction of sp³-hybridized carbons (Fsp3) is 0.211. The van der Waals surface area contributed by atoms with Crippen LogP contribution in [-0.4, -0.2) is 11.1 Å². The average molecular weight is 278 g/mol. The fourth-order valence-electron chi connectivity index (χ4n) is 2.23. The second-order valence-corrected chi connectivity index (χ2v) is 5.42. The summed E-state index contributed by atoms with van der Waals surface area (Å²) in [6.45, 7) is 5.58. The monoisotopic (exact) mass is 278 g/mol. The zero-order chi connectivity index (χ0) is 15.5. The molecular formula is C19H18O2. The Hall–Kier alpha value is -2.53. The van der Waals surface area contributed by atoms with Gasteiger partial charge < -0.3 is 5.11 Å². The van der Waals surface area contributed by atoms with E-state index in [0.717, 1.165) is 22.3 Å². The summed E-state index contributed by atoms with van der Waals surface area (Å²) in [7, 11) is 0. The molecule has 0 bridgehead atoms. The molecule has 2 aromatic rings. The lowest BCUT2D eigenvalue weighted by atomic mass is 9.81. The number of benzene rings is 2. The molecule has 0 amide bonds. The van der Waals surface area contributed by atoms with Gasteiger partial charge in [-0.05, 0) is 38.5 Å². The van der Waals surface area contributed by atoms with Crippen LogP contribution in [-0.2, 0) is 10.2 Å². The number of carboxylic acids is 1. The summed E-state index contributed by atoms with van der Waals surface area (Å²) in [6, 6.07) is 15.2. The SMILES string of the molecule is Cc1cc(C)cc(C(C)(C#Cc2ccccc2)C(=O)O)c1. The van der Waals surface area contributed by atoms with Gasteiger partial charge in [0.15, 0.2) is 5.41 Å².